The molecule has 0 fully saturated rings. The van der Waals surface area contributed by atoms with E-state index in [0.717, 1.165) is 72.3 Å². The summed E-state index contributed by atoms with van der Waals surface area (Å²) < 4.78 is 13.7. The molecule has 6 nitrogen and oxygen atoms in total. The molecule has 5 aromatic rings. The van der Waals surface area contributed by atoms with Crippen LogP contribution in [-0.4, -0.2) is 32.5 Å². The van der Waals surface area contributed by atoms with Crippen LogP contribution in [0.2, 0.25) is 0 Å². The second kappa shape index (κ2) is 8.63. The monoisotopic (exact) mass is 482 g/mol. The Balaban J connectivity index is 1.42. The summed E-state index contributed by atoms with van der Waals surface area (Å²) in [4.78, 5) is 18.0. The van der Waals surface area contributed by atoms with Gasteiger partial charge in [0.05, 0.1) is 17.4 Å². The standard InChI is InChI=1S/C27H23FN6S/c1-15(2)32-18-9-17(11-29-12-18)16-3-4-22-20(10-16)19(7-8-31-22)27-33-23-14-30-13-21(26(23)34-27)24-5-6-25(28)35-24/h3-7,9-15,31-32H,8H2,1-2H3,(H,33,34). The van der Waals surface area contributed by atoms with Crippen molar-refractivity contribution in [1.29, 1.82) is 0 Å². The summed E-state index contributed by atoms with van der Waals surface area (Å²) >= 11 is 1.10. The predicted molar refractivity (Wildman–Crippen MR) is 141 cm³/mol. The topological polar surface area (TPSA) is 78.5 Å². The molecule has 0 amide bonds. The van der Waals surface area contributed by atoms with Crippen molar-refractivity contribution in [2.45, 2.75) is 19.9 Å². The maximum Gasteiger partial charge on any atom is 0.176 e. The van der Waals surface area contributed by atoms with Crippen LogP contribution in [0.5, 0.6) is 0 Å². The van der Waals surface area contributed by atoms with E-state index in [4.69, 9.17) is 4.98 Å². The minimum atomic E-state index is -0.225. The Kier molecular flexibility index (Phi) is 5.30. The van der Waals surface area contributed by atoms with Gasteiger partial charge in [-0.05, 0) is 49.7 Å². The zero-order valence-electron chi connectivity index (χ0n) is 19.3. The number of hydrogen-bond acceptors (Lipinski definition) is 6. The predicted octanol–water partition coefficient (Wildman–Crippen LogP) is 6.57. The van der Waals surface area contributed by atoms with Gasteiger partial charge in [0.1, 0.15) is 11.3 Å². The molecule has 35 heavy (non-hydrogen) atoms. The quantitative estimate of drug-likeness (QED) is 0.264. The largest absolute Gasteiger partial charge is 0.382 e. The van der Waals surface area contributed by atoms with E-state index in [1.165, 1.54) is 6.07 Å². The summed E-state index contributed by atoms with van der Waals surface area (Å²) in [6, 6.07) is 12.1. The maximum atomic E-state index is 13.7. The van der Waals surface area contributed by atoms with E-state index in [9.17, 15) is 4.39 Å². The van der Waals surface area contributed by atoms with Gasteiger partial charge < -0.3 is 15.6 Å². The smallest absolute Gasteiger partial charge is 0.176 e. The number of rotatable bonds is 5. The van der Waals surface area contributed by atoms with E-state index in [-0.39, 0.29) is 5.13 Å². The molecular formula is C27H23FN6S. The number of halogens is 1. The van der Waals surface area contributed by atoms with Crippen LogP contribution in [0.25, 0.3) is 38.2 Å². The SMILES string of the molecule is CC(C)Nc1cncc(-c2ccc3c(c2)C(c2nc4c(-c5ccc(F)s5)cncc4[nH]2)=CCN3)c1. The fourth-order valence-electron chi connectivity index (χ4n) is 4.41. The molecule has 1 aliphatic heterocycles. The van der Waals surface area contributed by atoms with Crippen molar-refractivity contribution in [2.75, 3.05) is 17.2 Å². The van der Waals surface area contributed by atoms with Crippen molar-refractivity contribution in [3.05, 3.63) is 83.8 Å². The van der Waals surface area contributed by atoms with Crippen molar-refractivity contribution in [1.82, 2.24) is 19.9 Å². The second-order valence-corrected chi connectivity index (χ2v) is 9.83. The van der Waals surface area contributed by atoms with Crippen LogP contribution < -0.4 is 10.6 Å². The van der Waals surface area contributed by atoms with Gasteiger partial charge in [0.2, 0.25) is 0 Å². The molecule has 174 valence electrons. The minimum absolute atomic E-state index is 0.225. The number of nitrogens with one attached hydrogen (secondary N) is 3. The molecule has 3 N–H and O–H groups in total. The first-order chi connectivity index (χ1) is 17.0. The van der Waals surface area contributed by atoms with Crippen molar-refractivity contribution in [3.8, 4) is 21.6 Å². The van der Waals surface area contributed by atoms with Crippen molar-refractivity contribution < 1.29 is 4.39 Å². The Morgan fingerprint density at radius 3 is 2.69 bits per heavy atom. The number of aromatic amines is 1. The number of fused-ring (bicyclic) bond motifs is 2. The van der Waals surface area contributed by atoms with Crippen LogP contribution in [-0.2, 0) is 0 Å². The van der Waals surface area contributed by atoms with Gasteiger partial charge in [0.15, 0.2) is 5.13 Å². The normalized spacial score (nSPS) is 13.0. The summed E-state index contributed by atoms with van der Waals surface area (Å²) in [5.41, 5.74) is 8.66. The summed E-state index contributed by atoms with van der Waals surface area (Å²) in [5, 5.41) is 6.65. The lowest BCUT2D eigenvalue weighted by atomic mass is 9.95. The molecule has 0 spiro atoms. The van der Waals surface area contributed by atoms with Crippen LogP contribution >= 0.6 is 11.3 Å². The zero-order chi connectivity index (χ0) is 23.9. The highest BCUT2D eigenvalue weighted by Crippen LogP contribution is 2.37. The lowest BCUT2D eigenvalue weighted by Gasteiger charge is -2.19. The van der Waals surface area contributed by atoms with Gasteiger partial charge in [-0.15, -0.1) is 11.3 Å². The lowest BCUT2D eigenvalue weighted by molar-refractivity contribution is 0.657. The molecule has 4 aromatic heterocycles. The van der Waals surface area contributed by atoms with Crippen LogP contribution in [0.4, 0.5) is 15.8 Å². The van der Waals surface area contributed by atoms with Crippen LogP contribution in [0.15, 0.2) is 67.3 Å². The minimum Gasteiger partial charge on any atom is -0.382 e. The summed E-state index contributed by atoms with van der Waals surface area (Å²) in [6.07, 6.45) is 9.36. The van der Waals surface area contributed by atoms with E-state index in [2.05, 4.69) is 69.8 Å². The molecular weight excluding hydrogens is 459 g/mol. The third-order valence-electron chi connectivity index (χ3n) is 5.92. The third kappa shape index (κ3) is 4.06. The summed E-state index contributed by atoms with van der Waals surface area (Å²) in [5.74, 6) is 0.763. The molecule has 5 heterocycles. The number of imidazole rings is 1. The first-order valence-corrected chi connectivity index (χ1v) is 12.3. The first-order valence-electron chi connectivity index (χ1n) is 11.5. The third-order valence-corrected chi connectivity index (χ3v) is 6.83. The van der Waals surface area contributed by atoms with E-state index >= 15 is 0 Å². The first kappa shape index (κ1) is 21.5. The summed E-state index contributed by atoms with van der Waals surface area (Å²) in [6.45, 7) is 4.92. The molecule has 0 aliphatic carbocycles. The van der Waals surface area contributed by atoms with E-state index < -0.39 is 0 Å². The van der Waals surface area contributed by atoms with Gasteiger partial charge >= 0.3 is 0 Å². The van der Waals surface area contributed by atoms with E-state index in [1.807, 2.05) is 12.4 Å². The average Bonchev–Trinajstić information content (AvgIpc) is 3.49. The molecule has 0 atom stereocenters. The lowest BCUT2D eigenvalue weighted by Crippen LogP contribution is -2.10. The highest BCUT2D eigenvalue weighted by Gasteiger charge is 2.20. The van der Waals surface area contributed by atoms with Crippen molar-refractivity contribution >= 4 is 39.3 Å². The summed E-state index contributed by atoms with van der Waals surface area (Å²) in [7, 11) is 0. The highest BCUT2D eigenvalue weighted by molar-refractivity contribution is 7.14. The van der Waals surface area contributed by atoms with Gasteiger partial charge in [-0.2, -0.15) is 4.39 Å². The number of benzene rings is 1. The molecule has 0 bridgehead atoms. The van der Waals surface area contributed by atoms with Crippen LogP contribution in [0.3, 0.4) is 0 Å². The van der Waals surface area contributed by atoms with Gasteiger partial charge in [-0.3, -0.25) is 9.97 Å². The molecule has 8 heteroatoms. The Morgan fingerprint density at radius 1 is 0.971 bits per heavy atom. The van der Waals surface area contributed by atoms with Crippen molar-refractivity contribution in [2.24, 2.45) is 0 Å². The molecule has 0 unspecified atom stereocenters. The molecule has 6 rings (SSSR count). The average molecular weight is 483 g/mol. The number of thiophene rings is 1. The second-order valence-electron chi connectivity index (χ2n) is 8.79. The van der Waals surface area contributed by atoms with Gasteiger partial charge in [0, 0.05) is 64.0 Å². The fraction of sp³-hybridized carbons (Fsp3) is 0.148. The fourth-order valence-corrected chi connectivity index (χ4v) is 5.15. The number of anilines is 2. The highest BCUT2D eigenvalue weighted by atomic mass is 32.1. The number of aromatic nitrogens is 4. The van der Waals surface area contributed by atoms with Crippen LogP contribution in [0.1, 0.15) is 25.2 Å². The molecule has 0 saturated carbocycles. The molecule has 0 radical (unpaired) electrons. The van der Waals surface area contributed by atoms with E-state index in [1.54, 1.807) is 18.5 Å². The van der Waals surface area contributed by atoms with Crippen LogP contribution in [0, 0.1) is 5.13 Å². The Morgan fingerprint density at radius 2 is 1.86 bits per heavy atom. The van der Waals surface area contributed by atoms with Crippen molar-refractivity contribution in [3.63, 3.8) is 0 Å². The van der Waals surface area contributed by atoms with Gasteiger partial charge in [-0.25, -0.2) is 4.98 Å². The number of nitrogens with zero attached hydrogens (tertiary/aromatic N) is 3. The molecule has 1 aromatic carbocycles. The number of pyridine rings is 2. The Labute approximate surface area is 206 Å². The van der Waals surface area contributed by atoms with Gasteiger partial charge in [-0.1, -0.05) is 12.1 Å². The Hall–Kier alpha value is -4.04. The van der Waals surface area contributed by atoms with E-state index in [0.29, 0.717) is 12.6 Å². The molecule has 0 saturated heterocycles. The Bertz CT molecular complexity index is 1580. The van der Waals surface area contributed by atoms with Gasteiger partial charge in [0.25, 0.3) is 0 Å². The number of hydrogen-bond donors (Lipinski definition) is 3. The zero-order valence-corrected chi connectivity index (χ0v) is 20.1. The maximum absolute atomic E-state index is 13.7. The molecule has 1 aliphatic rings. The number of H-pyrrole nitrogens is 1.